The number of aromatic nitrogens is 2. The number of primary amides is 4. The van der Waals surface area contributed by atoms with Gasteiger partial charge in [-0.1, -0.05) is 91.1 Å². The van der Waals surface area contributed by atoms with E-state index in [0.29, 0.717) is 43.2 Å². The Labute approximate surface area is 791 Å². The van der Waals surface area contributed by atoms with Crippen LogP contribution in [0.4, 0.5) is 0 Å². The van der Waals surface area contributed by atoms with Crippen LogP contribution in [0.3, 0.4) is 0 Å². The number of hydrogen-bond acceptors (Lipinski definition) is 31. The zero-order valence-corrected chi connectivity index (χ0v) is 78.8. The number of H-pyrrole nitrogens is 1. The smallest absolute Gasteiger partial charge is 0.305 e. The minimum absolute atomic E-state index is 0.0485. The number of nitrogens with zero attached hydrogens (tertiary/aromatic N) is 4. The first-order valence-corrected chi connectivity index (χ1v) is 48.8. The Balaban J connectivity index is 1.54. The molecule has 5 fully saturated rings. The van der Waals surface area contributed by atoms with Crippen LogP contribution in [0.15, 0.2) is 12.5 Å². The number of carbonyl (C=O) groups is 22. The highest BCUT2D eigenvalue weighted by atomic mass is 33.1. The van der Waals surface area contributed by atoms with Gasteiger partial charge in [-0.25, -0.2) is 4.98 Å². The van der Waals surface area contributed by atoms with Crippen LogP contribution in [0.5, 0.6) is 0 Å². The third-order valence-corrected chi connectivity index (χ3v) is 27.5. The molecule has 5 saturated heterocycles. The van der Waals surface area contributed by atoms with Crippen molar-refractivity contribution in [2.24, 2.45) is 52.2 Å². The number of aliphatic hydroxyl groups is 2. The molecule has 20 atom stereocenters. The van der Waals surface area contributed by atoms with Crippen LogP contribution >= 0.6 is 43.2 Å². The zero-order chi connectivity index (χ0) is 101. The van der Waals surface area contributed by atoms with Crippen molar-refractivity contribution in [1.29, 1.82) is 5.41 Å². The van der Waals surface area contributed by atoms with Crippen LogP contribution in [-0.4, -0.2) is 347 Å². The third kappa shape index (κ3) is 34.1. The summed E-state index contributed by atoms with van der Waals surface area (Å²) in [6.07, 6.45) is -3.69. The maximum absolute atomic E-state index is 15.5. The Kier molecular flexibility index (Phi) is 44.7. The first kappa shape index (κ1) is 112. The van der Waals surface area contributed by atoms with E-state index in [2.05, 4.69) is 89.7 Å². The second-order valence-corrected chi connectivity index (χ2v) is 38.9. The molecule has 32 N–H and O–H groups in total. The van der Waals surface area contributed by atoms with E-state index in [-0.39, 0.29) is 95.6 Å². The molecule has 135 heavy (non-hydrogen) atoms. The first-order valence-electron chi connectivity index (χ1n) is 43.8. The number of rotatable bonds is 27. The lowest BCUT2D eigenvalue weighted by Gasteiger charge is -2.32. The molecular formula is C79H125N27O25S4. The van der Waals surface area contributed by atoms with Gasteiger partial charge in [0.25, 0.3) is 0 Å². The lowest BCUT2D eigenvalue weighted by Crippen LogP contribution is -2.63. The number of guanidine groups is 1. The third-order valence-electron chi connectivity index (χ3n) is 22.6. The maximum Gasteiger partial charge on any atom is 0.305 e. The van der Waals surface area contributed by atoms with Crippen molar-refractivity contribution in [3.05, 3.63) is 18.2 Å². The van der Waals surface area contributed by atoms with Gasteiger partial charge in [-0.05, 0) is 82.5 Å². The molecule has 1 aromatic heterocycles. The number of carboxylic acid groups (broad SMARTS) is 1. The van der Waals surface area contributed by atoms with Crippen molar-refractivity contribution in [3.63, 3.8) is 0 Å². The average Bonchev–Trinajstić information content (AvgIpc) is 1.73. The van der Waals surface area contributed by atoms with E-state index in [9.17, 15) is 96.8 Å². The van der Waals surface area contributed by atoms with E-state index in [1.165, 1.54) is 47.1 Å². The van der Waals surface area contributed by atoms with E-state index in [4.69, 9.17) is 39.8 Å². The maximum atomic E-state index is 15.5. The number of nitrogens with two attached hydrogens (primary N) is 6. The van der Waals surface area contributed by atoms with Crippen molar-refractivity contribution >= 4 is 179 Å². The number of fused-ring (bicyclic) bond motifs is 10. The molecule has 0 saturated carbocycles. The van der Waals surface area contributed by atoms with E-state index < -0.39 is 331 Å². The second kappa shape index (κ2) is 54.0. The number of nitrogens with one attached hydrogen (secondary N) is 17. The molecule has 5 aliphatic heterocycles. The summed E-state index contributed by atoms with van der Waals surface area (Å²) < 4.78 is 0. The summed E-state index contributed by atoms with van der Waals surface area (Å²) >= 11 is 0. The van der Waals surface area contributed by atoms with Crippen LogP contribution in [-0.2, 0) is 112 Å². The normalized spacial score (nSPS) is 27.2. The fraction of sp³-hybridized carbons (Fsp3) is 0.671. The van der Waals surface area contributed by atoms with Crippen LogP contribution in [0.25, 0.3) is 0 Å². The van der Waals surface area contributed by atoms with Crippen molar-refractivity contribution in [1.82, 2.24) is 104 Å². The van der Waals surface area contributed by atoms with Gasteiger partial charge < -0.3 is 149 Å². The molecule has 750 valence electrons. The SMILES string of the molecule is CC[C@H](C)C1NC(=O)[C@H](CCC(N)=O)NC(=O)[C@@H]2CCCN2C(=O)[C@H](CC(N)=O)NC(=O)[C@H](Cc2cnc[nH]2)NC(=O)[C@H](C(C)C)NC(=O)C([C@@H](C)O)NC(=O)[C@@H]2CSSC[C@H](NC(=O)[C@@H]3CCCN3C(=O)[C@H](CC(=O)O)NC(=O)[C@@H](N)CCCNC(=N)N)C(=O)N[C@@H](CSSC[C@@H](C(N)=O)NC1=O)C(=O)N[C@@H](CO)C(=O)N[C@@H](CC(N)=O)C(=O)N1CCC[C@H]1C(=O)N[C@@H](C(C)C)C(=O)N2. The monoisotopic (exact) mass is 1980 g/mol. The van der Waals surface area contributed by atoms with E-state index in [1.807, 2.05) is 0 Å². The first-order chi connectivity index (χ1) is 63.7. The molecule has 1 aromatic rings. The Hall–Kier alpha value is -11.9. The van der Waals surface area contributed by atoms with E-state index >= 15 is 24.0 Å². The van der Waals surface area contributed by atoms with Gasteiger partial charge in [-0.2, -0.15) is 0 Å². The molecular weight excluding hydrogens is 1860 g/mol. The molecule has 0 spiro atoms. The van der Waals surface area contributed by atoms with Gasteiger partial charge >= 0.3 is 5.97 Å². The molecule has 6 heterocycles. The highest BCUT2D eigenvalue weighted by molar-refractivity contribution is 8.77. The standard InChI is InChI=1S/C79H125N27O25S4/c1-8-36(6)59-74(127)96-46(61(84)114)29-132-133-30-47-66(119)95-45(28-107)65(118)94-43(25-55(83)111)77(130)106-22-12-16-52(106)71(124)100-57(34(2)3)73(126)99-49(32-135-134-31-48(67(120)97-47)98-70(123)51-15-11-21-105(51)78(131)44(26-56(112)113)92-62(115)39(80)13-9-19-88-79(85)86)68(121)103-60(37(7)108)75(128)101-58(35(4)5)72(125)91-41(23-38-27-87-33-89-38)64(117)93-42(24-54(82)110)76(129)104-20-10-14-50(104)69(122)90-40(63(116)102-59)17-18-53(81)109/h27,33-37,39-52,57-60,107-108H,8-26,28-32,80H2,1-7H3,(H2,81,109)(H2,82,110)(H2,83,111)(H2,84,114)(H,87,89)(H,90,122)(H,91,125)(H,92,115)(H,93,117)(H,94,118)(H,95,119)(H,96,127)(H,97,120)(H,98,123)(H,99,126)(H,100,124)(H,101,128)(H,102,116)(H,103,121)(H,112,113)(H4,85,86,88)/t36-,37+,39-,40-,41-,42-,43-,44-,45-,46-,47-,48-,49-,50-,51-,52-,57-,58-,59?,60?/m0/s1. The Morgan fingerprint density at radius 2 is 1.02 bits per heavy atom. The van der Waals surface area contributed by atoms with Gasteiger partial charge in [-0.15, -0.1) is 0 Å². The number of aliphatic carboxylic acids is 1. The Morgan fingerprint density at radius 1 is 0.548 bits per heavy atom. The number of aromatic amines is 1. The number of imidazole rings is 1. The van der Waals surface area contributed by atoms with E-state index in [0.717, 1.165) is 21.6 Å². The number of carbonyl (C=O) groups excluding carboxylic acids is 21. The molecule has 2 bridgehead atoms. The summed E-state index contributed by atoms with van der Waals surface area (Å²) in [7, 11) is 2.74. The van der Waals surface area contributed by atoms with Crippen LogP contribution in [0.1, 0.15) is 144 Å². The van der Waals surface area contributed by atoms with Crippen LogP contribution < -0.4 is 114 Å². The minimum atomic E-state index is -2.10. The van der Waals surface area contributed by atoms with Crippen molar-refractivity contribution < 1.29 is 121 Å². The van der Waals surface area contributed by atoms with Gasteiger partial charge in [-0.3, -0.25) is 111 Å². The Bertz CT molecular complexity index is 4480. The molecule has 0 aromatic carbocycles. The van der Waals surface area contributed by atoms with Crippen LogP contribution in [0.2, 0.25) is 0 Å². The molecule has 5 aliphatic rings. The van der Waals surface area contributed by atoms with Gasteiger partial charge in [0, 0.05) is 73.9 Å². The van der Waals surface area contributed by atoms with Crippen molar-refractivity contribution in [2.75, 3.05) is 55.8 Å². The molecule has 0 radical (unpaired) electrons. The van der Waals surface area contributed by atoms with Gasteiger partial charge in [0.2, 0.25) is 124 Å². The lowest BCUT2D eigenvalue weighted by atomic mass is 9.97. The van der Waals surface area contributed by atoms with Crippen molar-refractivity contribution in [3.8, 4) is 0 Å². The quantitative estimate of drug-likeness (QED) is 0.0168. The number of likely N-dealkylation sites (tertiary alicyclic amines) is 1. The van der Waals surface area contributed by atoms with Gasteiger partial charge in [0.1, 0.15) is 103 Å². The number of carboxylic acids is 1. The summed E-state index contributed by atoms with van der Waals surface area (Å²) in [5.41, 5.74) is 34.4. The summed E-state index contributed by atoms with van der Waals surface area (Å²) in [6, 6.07) is -31.7. The fourth-order valence-electron chi connectivity index (χ4n) is 15.0. The Morgan fingerprint density at radius 3 is 1.54 bits per heavy atom. The number of hydrogen-bond donors (Lipinski definition) is 26. The summed E-state index contributed by atoms with van der Waals surface area (Å²) in [5, 5.41) is 76.9. The minimum Gasteiger partial charge on any atom is -0.481 e. The predicted octanol–water partition coefficient (Wildman–Crippen LogP) is -11.2. The fourth-order valence-corrected chi connectivity index (χ4v) is 19.7. The largest absolute Gasteiger partial charge is 0.481 e. The predicted molar refractivity (Wildman–Crippen MR) is 486 cm³/mol. The molecule has 52 nitrogen and oxygen atoms in total. The average molecular weight is 1980 g/mol. The highest BCUT2D eigenvalue weighted by Crippen LogP contribution is 2.29. The van der Waals surface area contributed by atoms with Gasteiger partial charge in [0.15, 0.2) is 5.96 Å². The summed E-state index contributed by atoms with van der Waals surface area (Å²) in [4.78, 5) is 325. The summed E-state index contributed by atoms with van der Waals surface area (Å²) in [6.45, 7) is 8.22. The lowest BCUT2D eigenvalue weighted by molar-refractivity contribution is -0.146. The van der Waals surface area contributed by atoms with Crippen LogP contribution in [0, 0.1) is 23.2 Å². The van der Waals surface area contributed by atoms with Gasteiger partial charge in [0.05, 0.1) is 44.3 Å². The molecule has 56 heteroatoms. The summed E-state index contributed by atoms with van der Waals surface area (Å²) in [5.74, 6) is -31.0. The molecule has 21 amide bonds. The number of amides is 21. The number of aliphatic hydroxyl groups excluding tert-OH is 2. The topological polar surface area (TPSA) is 835 Å². The van der Waals surface area contributed by atoms with Crippen molar-refractivity contribution in [2.45, 2.75) is 260 Å². The molecule has 6 rings (SSSR count). The highest BCUT2D eigenvalue weighted by Gasteiger charge is 2.47. The molecule has 2 unspecified atom stereocenters. The van der Waals surface area contributed by atoms with E-state index in [1.54, 1.807) is 6.92 Å². The second-order valence-electron chi connectivity index (χ2n) is 33.8. The zero-order valence-electron chi connectivity index (χ0n) is 75.5. The molecule has 0 aliphatic carbocycles.